The molecule has 0 unspecified atom stereocenters. The summed E-state index contributed by atoms with van der Waals surface area (Å²) in [7, 11) is 0. The van der Waals surface area contributed by atoms with E-state index >= 15 is 0 Å². The number of aromatic nitrogens is 1. The third kappa shape index (κ3) is 3.35. The summed E-state index contributed by atoms with van der Waals surface area (Å²) < 4.78 is 13.0. The lowest BCUT2D eigenvalue weighted by Gasteiger charge is -2.34. The van der Waals surface area contributed by atoms with Crippen molar-refractivity contribution in [1.29, 1.82) is 0 Å². The summed E-state index contributed by atoms with van der Waals surface area (Å²) in [6.45, 7) is 4.24. The summed E-state index contributed by atoms with van der Waals surface area (Å²) in [4.78, 5) is 21.3. The van der Waals surface area contributed by atoms with Crippen molar-refractivity contribution in [2.75, 3.05) is 26.2 Å². The average Bonchev–Trinajstić information content (AvgIpc) is 3.24. The van der Waals surface area contributed by atoms with Crippen LogP contribution in [0.5, 0.6) is 0 Å². The van der Waals surface area contributed by atoms with E-state index in [4.69, 9.17) is 0 Å². The maximum atomic E-state index is 13.0. The van der Waals surface area contributed by atoms with Gasteiger partial charge in [0.1, 0.15) is 5.82 Å². The van der Waals surface area contributed by atoms with Crippen molar-refractivity contribution >= 4 is 17.2 Å². The molecule has 1 aromatic carbocycles. The molecule has 2 heterocycles. The zero-order valence-electron chi connectivity index (χ0n) is 13.4. The third-order valence-corrected chi connectivity index (χ3v) is 5.59. The summed E-state index contributed by atoms with van der Waals surface area (Å²) in [5, 5.41) is 2.08. The molecule has 2 fully saturated rings. The van der Waals surface area contributed by atoms with E-state index < -0.39 is 0 Å². The number of thiazole rings is 1. The minimum absolute atomic E-state index is 0.0838. The smallest absolute Gasteiger partial charge is 0.226 e. The van der Waals surface area contributed by atoms with Gasteiger partial charge >= 0.3 is 0 Å². The fourth-order valence-corrected chi connectivity index (χ4v) is 4.00. The lowest BCUT2D eigenvalue weighted by Crippen LogP contribution is -2.48. The summed E-state index contributed by atoms with van der Waals surface area (Å²) in [6.07, 6.45) is 0.892. The van der Waals surface area contributed by atoms with Crippen molar-refractivity contribution in [3.8, 4) is 0 Å². The lowest BCUT2D eigenvalue weighted by atomic mass is 10.1. The summed E-state index contributed by atoms with van der Waals surface area (Å²) in [5.41, 5.74) is 4.05. The van der Waals surface area contributed by atoms with E-state index in [0.29, 0.717) is 0 Å². The molecule has 126 valence electrons. The Balaban J connectivity index is 1.28. The Bertz CT molecular complexity index is 696. The summed E-state index contributed by atoms with van der Waals surface area (Å²) in [6, 6.07) is 6.57. The molecule has 1 saturated carbocycles. The maximum Gasteiger partial charge on any atom is 0.226 e. The van der Waals surface area contributed by atoms with Gasteiger partial charge in [0, 0.05) is 44.0 Å². The van der Waals surface area contributed by atoms with Crippen LogP contribution < -0.4 is 0 Å². The molecule has 1 aliphatic heterocycles. The second-order valence-electron chi connectivity index (χ2n) is 6.58. The molecule has 1 aliphatic carbocycles. The van der Waals surface area contributed by atoms with Crippen LogP contribution in [-0.2, 0) is 11.3 Å². The highest BCUT2D eigenvalue weighted by Crippen LogP contribution is 2.48. The molecule has 4 nitrogen and oxygen atoms in total. The minimum atomic E-state index is -0.224. The van der Waals surface area contributed by atoms with Crippen molar-refractivity contribution in [3.05, 3.63) is 52.2 Å². The fraction of sp³-hybridized carbons (Fsp3) is 0.444. The van der Waals surface area contributed by atoms with Crippen LogP contribution in [0.2, 0.25) is 0 Å². The van der Waals surface area contributed by atoms with Gasteiger partial charge in [-0.1, -0.05) is 12.1 Å². The largest absolute Gasteiger partial charge is 0.340 e. The van der Waals surface area contributed by atoms with E-state index in [0.717, 1.165) is 50.4 Å². The van der Waals surface area contributed by atoms with Crippen LogP contribution >= 0.6 is 11.3 Å². The first-order valence-corrected chi connectivity index (χ1v) is 9.28. The second-order valence-corrected chi connectivity index (χ2v) is 7.30. The van der Waals surface area contributed by atoms with Crippen molar-refractivity contribution in [2.24, 2.45) is 5.92 Å². The Morgan fingerprint density at radius 2 is 1.96 bits per heavy atom. The molecule has 0 spiro atoms. The molecule has 24 heavy (non-hydrogen) atoms. The highest BCUT2D eigenvalue weighted by Gasteiger charge is 2.46. The molecule has 4 rings (SSSR count). The van der Waals surface area contributed by atoms with Crippen LogP contribution in [0.4, 0.5) is 4.39 Å². The molecule has 0 bridgehead atoms. The third-order valence-electron chi connectivity index (χ3n) is 4.96. The van der Waals surface area contributed by atoms with Crippen LogP contribution in [0, 0.1) is 11.7 Å². The molecule has 2 aliphatic rings. The number of carbonyl (C=O) groups is 1. The second kappa shape index (κ2) is 6.61. The van der Waals surface area contributed by atoms with Gasteiger partial charge in [0.2, 0.25) is 5.91 Å². The quantitative estimate of drug-likeness (QED) is 0.855. The highest BCUT2D eigenvalue weighted by molar-refractivity contribution is 7.07. The molecular weight excluding hydrogens is 325 g/mol. The number of piperazine rings is 1. The first kappa shape index (κ1) is 15.7. The molecule has 0 radical (unpaired) electrons. The van der Waals surface area contributed by atoms with Gasteiger partial charge < -0.3 is 4.90 Å². The SMILES string of the molecule is O=C([C@H]1C[C@H]1c1ccc(F)cc1)N1CCN(Cc2cscn2)CC1. The van der Waals surface area contributed by atoms with Gasteiger partial charge in [0.15, 0.2) is 0 Å². The highest BCUT2D eigenvalue weighted by atomic mass is 32.1. The molecule has 0 N–H and O–H groups in total. The standard InChI is InChI=1S/C18H20FN3OS/c19-14-3-1-13(2-4-14)16-9-17(16)18(23)22-7-5-21(6-8-22)10-15-11-24-12-20-15/h1-4,11-12,16-17H,5-10H2/t16-,17-/m0/s1. The zero-order valence-corrected chi connectivity index (χ0v) is 14.2. The molecule has 1 saturated heterocycles. The van der Waals surface area contributed by atoms with Gasteiger partial charge in [-0.15, -0.1) is 11.3 Å². The number of nitrogens with zero attached hydrogens (tertiary/aromatic N) is 3. The first-order valence-electron chi connectivity index (χ1n) is 8.34. The van der Waals surface area contributed by atoms with Gasteiger partial charge in [-0.25, -0.2) is 9.37 Å². The van der Waals surface area contributed by atoms with Crippen LogP contribution in [0.3, 0.4) is 0 Å². The Morgan fingerprint density at radius 3 is 2.62 bits per heavy atom. The van der Waals surface area contributed by atoms with Crippen LogP contribution in [0.25, 0.3) is 0 Å². The van der Waals surface area contributed by atoms with Gasteiger partial charge in [-0.3, -0.25) is 9.69 Å². The van der Waals surface area contributed by atoms with Crippen molar-refractivity contribution in [2.45, 2.75) is 18.9 Å². The van der Waals surface area contributed by atoms with E-state index in [1.165, 1.54) is 12.1 Å². The Labute approximate surface area is 144 Å². The molecule has 2 atom stereocenters. The molecular formula is C18H20FN3OS. The number of hydrogen-bond acceptors (Lipinski definition) is 4. The van der Waals surface area contributed by atoms with Crippen LogP contribution in [0.15, 0.2) is 35.2 Å². The molecule has 1 amide bonds. The fourth-order valence-electron chi connectivity index (χ4n) is 3.45. The predicted molar refractivity (Wildman–Crippen MR) is 91.2 cm³/mol. The van der Waals surface area contributed by atoms with E-state index in [1.807, 2.05) is 10.4 Å². The number of halogens is 1. The normalized spacial score (nSPS) is 24.1. The number of amides is 1. The first-order chi connectivity index (χ1) is 11.7. The van der Waals surface area contributed by atoms with Crippen LogP contribution in [0.1, 0.15) is 23.6 Å². The van der Waals surface area contributed by atoms with Gasteiger partial charge in [-0.05, 0) is 30.0 Å². The topological polar surface area (TPSA) is 36.4 Å². The predicted octanol–water partition coefficient (Wildman–Crippen LogP) is 2.73. The van der Waals surface area contributed by atoms with E-state index in [2.05, 4.69) is 15.3 Å². The van der Waals surface area contributed by atoms with Crippen molar-refractivity contribution in [1.82, 2.24) is 14.8 Å². The molecule has 6 heteroatoms. The monoisotopic (exact) mass is 345 g/mol. The number of rotatable bonds is 4. The van der Waals surface area contributed by atoms with E-state index in [1.54, 1.807) is 23.5 Å². The van der Waals surface area contributed by atoms with Crippen molar-refractivity contribution in [3.63, 3.8) is 0 Å². The zero-order chi connectivity index (χ0) is 16.5. The summed E-state index contributed by atoms with van der Waals surface area (Å²) in [5.74, 6) is 0.392. The Kier molecular flexibility index (Phi) is 4.33. The van der Waals surface area contributed by atoms with E-state index in [9.17, 15) is 9.18 Å². The Morgan fingerprint density at radius 1 is 1.21 bits per heavy atom. The molecule has 2 aromatic rings. The summed E-state index contributed by atoms with van der Waals surface area (Å²) >= 11 is 1.62. The van der Waals surface area contributed by atoms with Gasteiger partial charge in [-0.2, -0.15) is 0 Å². The average molecular weight is 345 g/mol. The lowest BCUT2D eigenvalue weighted by molar-refractivity contribution is -0.134. The van der Waals surface area contributed by atoms with Gasteiger partial charge in [0.25, 0.3) is 0 Å². The van der Waals surface area contributed by atoms with Crippen LogP contribution in [-0.4, -0.2) is 46.9 Å². The minimum Gasteiger partial charge on any atom is -0.340 e. The number of carbonyl (C=O) groups excluding carboxylic acids is 1. The Hall–Kier alpha value is -1.79. The maximum absolute atomic E-state index is 13.0. The number of benzene rings is 1. The molecule has 1 aromatic heterocycles. The van der Waals surface area contributed by atoms with E-state index in [-0.39, 0.29) is 23.6 Å². The number of hydrogen-bond donors (Lipinski definition) is 0. The van der Waals surface area contributed by atoms with Crippen molar-refractivity contribution < 1.29 is 9.18 Å². The van der Waals surface area contributed by atoms with Gasteiger partial charge in [0.05, 0.1) is 11.2 Å².